The Morgan fingerprint density at radius 2 is 1.95 bits per heavy atom. The number of anilines is 1. The van der Waals surface area contributed by atoms with Crippen LogP contribution in [0.5, 0.6) is 0 Å². The average Bonchev–Trinajstić information content (AvgIpc) is 2.42. The van der Waals surface area contributed by atoms with Crippen LogP contribution in [0.15, 0.2) is 30.3 Å². The van der Waals surface area contributed by atoms with Gasteiger partial charge in [-0.3, -0.25) is 4.79 Å². The summed E-state index contributed by atoms with van der Waals surface area (Å²) in [6, 6.07) is 8.61. The molecule has 0 atom stereocenters. The van der Waals surface area contributed by atoms with Gasteiger partial charge in [0.15, 0.2) is 0 Å². The monoisotopic (exact) mass is 296 g/mol. The molecule has 0 heterocycles. The van der Waals surface area contributed by atoms with Crippen LogP contribution in [0.1, 0.15) is 22.8 Å². The van der Waals surface area contributed by atoms with E-state index in [0.717, 1.165) is 0 Å². The lowest BCUT2D eigenvalue weighted by atomic mass is 9.95. The predicted molar refractivity (Wildman–Crippen MR) is 76.4 cm³/mol. The number of nitrogens with one attached hydrogen (secondary N) is 1. The first-order valence-corrected chi connectivity index (χ1v) is 6.48. The number of carbonyl (C=O) groups excluding carboxylic acids is 1. The van der Waals surface area contributed by atoms with Crippen LogP contribution in [-0.4, -0.2) is 18.6 Å². The summed E-state index contributed by atoms with van der Waals surface area (Å²) in [4.78, 5) is 11.7. The number of carbonyl (C=O) groups is 1. The molecule has 0 aliphatic carbocycles. The maximum absolute atomic E-state index is 12.4. The smallest absolute Gasteiger partial charge is 0.376 e. The summed E-state index contributed by atoms with van der Waals surface area (Å²) in [5, 5.41) is 3.69. The lowest BCUT2D eigenvalue weighted by molar-refractivity contribution is -0.115. The molecular weight excluding hydrogens is 281 g/mol. The molecule has 2 aromatic carbocycles. The van der Waals surface area contributed by atoms with Crippen LogP contribution in [0.4, 0.5) is 18.9 Å². The summed E-state index contributed by atoms with van der Waals surface area (Å²) in [6.07, 6.45) is -3.92. The van der Waals surface area contributed by atoms with E-state index < -0.39 is 18.6 Å². The van der Waals surface area contributed by atoms with E-state index in [1.807, 2.05) is 0 Å². The van der Waals surface area contributed by atoms with Gasteiger partial charge in [0.05, 0.1) is 5.56 Å². The highest BCUT2D eigenvalue weighted by Gasteiger charge is 2.27. The lowest BCUT2D eigenvalue weighted by Crippen LogP contribution is -2.23. The quantitative estimate of drug-likeness (QED) is 0.907. The Hall–Kier alpha value is -2.24. The summed E-state index contributed by atoms with van der Waals surface area (Å²) in [5.74, 6) is -0.640. The third-order valence-electron chi connectivity index (χ3n) is 3.24. The third-order valence-corrected chi connectivity index (χ3v) is 3.24. The number of amides is 1. The molecule has 0 unspecified atom stereocenters. The van der Waals surface area contributed by atoms with Crippen LogP contribution in [0.3, 0.4) is 0 Å². The molecule has 6 heteroatoms. The Labute approximate surface area is 119 Å². The van der Waals surface area contributed by atoms with Crippen molar-refractivity contribution in [1.82, 2.24) is 0 Å². The van der Waals surface area contributed by atoms with Gasteiger partial charge in [0.2, 0.25) is 5.91 Å². The molecule has 2 rings (SSSR count). The fourth-order valence-electron chi connectivity index (χ4n) is 2.39. The number of benzene rings is 2. The van der Waals surface area contributed by atoms with Crippen molar-refractivity contribution >= 4 is 22.4 Å². The van der Waals surface area contributed by atoms with Crippen LogP contribution in [0.25, 0.3) is 10.8 Å². The van der Waals surface area contributed by atoms with Crippen LogP contribution in [-0.2, 0) is 6.42 Å². The minimum atomic E-state index is -4.33. The number of hydrogen-bond donors (Lipinski definition) is 2. The summed E-state index contributed by atoms with van der Waals surface area (Å²) >= 11 is 0. The number of alkyl halides is 3. The highest BCUT2D eigenvalue weighted by molar-refractivity contribution is 6.09. The Balaban J connectivity index is 2.62. The molecule has 0 aliphatic rings. The van der Waals surface area contributed by atoms with Crippen LogP contribution in [0, 0.1) is 0 Å². The van der Waals surface area contributed by atoms with Gasteiger partial charge in [0, 0.05) is 5.69 Å². The predicted octanol–water partition coefficient (Wildman–Crippen LogP) is 3.48. The van der Waals surface area contributed by atoms with E-state index in [4.69, 9.17) is 5.73 Å². The fraction of sp³-hybridized carbons (Fsp3) is 0.267. The minimum absolute atomic E-state index is 0.278. The number of fused-ring (bicyclic) bond motifs is 1. The Kier molecular flexibility index (Phi) is 4.06. The van der Waals surface area contributed by atoms with Crippen molar-refractivity contribution in [3.8, 4) is 0 Å². The van der Waals surface area contributed by atoms with Crippen molar-refractivity contribution in [2.45, 2.75) is 19.5 Å². The zero-order chi connectivity index (χ0) is 15.6. The van der Waals surface area contributed by atoms with Crippen molar-refractivity contribution in [2.75, 3.05) is 11.9 Å². The summed E-state index contributed by atoms with van der Waals surface area (Å²) < 4.78 is 37.2. The van der Waals surface area contributed by atoms with E-state index in [2.05, 4.69) is 5.32 Å². The molecule has 0 spiro atoms. The second-order valence-electron chi connectivity index (χ2n) is 4.69. The lowest BCUT2D eigenvalue weighted by Gasteiger charge is -2.17. The number of rotatable bonds is 4. The van der Waals surface area contributed by atoms with E-state index in [-0.39, 0.29) is 5.56 Å². The van der Waals surface area contributed by atoms with Gasteiger partial charge >= 0.3 is 6.18 Å². The SMILES string of the molecule is CCc1c(NCC(F)(F)F)cc2ccccc2c1C(N)=O. The largest absolute Gasteiger partial charge is 0.405 e. The first-order valence-electron chi connectivity index (χ1n) is 6.48. The maximum atomic E-state index is 12.4. The first kappa shape index (κ1) is 15.2. The number of nitrogens with two attached hydrogens (primary N) is 1. The molecule has 0 radical (unpaired) electrons. The van der Waals surface area contributed by atoms with E-state index in [0.29, 0.717) is 28.4 Å². The molecule has 2 aromatic rings. The molecule has 0 aromatic heterocycles. The average molecular weight is 296 g/mol. The molecule has 0 aliphatic heterocycles. The highest BCUT2D eigenvalue weighted by atomic mass is 19.4. The van der Waals surface area contributed by atoms with Gasteiger partial charge in [-0.2, -0.15) is 13.2 Å². The molecular formula is C15H15F3N2O. The van der Waals surface area contributed by atoms with Crippen molar-refractivity contribution in [3.63, 3.8) is 0 Å². The van der Waals surface area contributed by atoms with E-state index >= 15 is 0 Å². The van der Waals surface area contributed by atoms with Crippen LogP contribution >= 0.6 is 0 Å². The summed E-state index contributed by atoms with van der Waals surface area (Å²) in [7, 11) is 0. The van der Waals surface area contributed by atoms with Gasteiger partial charge in [-0.15, -0.1) is 0 Å². The molecule has 1 amide bonds. The standard InChI is InChI=1S/C15H15F3N2O/c1-2-10-12(20-8-15(16,17)18)7-9-5-3-4-6-11(9)13(10)14(19)21/h3-7,20H,2,8H2,1H3,(H2,19,21). The molecule has 0 fully saturated rings. The minimum Gasteiger partial charge on any atom is -0.376 e. The Morgan fingerprint density at radius 1 is 1.29 bits per heavy atom. The van der Waals surface area contributed by atoms with Gasteiger partial charge in [-0.05, 0) is 28.8 Å². The molecule has 21 heavy (non-hydrogen) atoms. The van der Waals surface area contributed by atoms with Crippen molar-refractivity contribution < 1.29 is 18.0 Å². The molecule has 3 nitrogen and oxygen atoms in total. The second-order valence-corrected chi connectivity index (χ2v) is 4.69. The normalized spacial score (nSPS) is 11.6. The van der Waals surface area contributed by atoms with Gasteiger partial charge in [0.25, 0.3) is 0 Å². The van der Waals surface area contributed by atoms with Crippen molar-refractivity contribution in [2.24, 2.45) is 5.73 Å². The van der Waals surface area contributed by atoms with E-state index in [9.17, 15) is 18.0 Å². The number of halogens is 3. The van der Waals surface area contributed by atoms with Crippen molar-refractivity contribution in [3.05, 3.63) is 41.5 Å². The zero-order valence-corrected chi connectivity index (χ0v) is 11.4. The molecule has 112 valence electrons. The number of hydrogen-bond acceptors (Lipinski definition) is 2. The fourth-order valence-corrected chi connectivity index (χ4v) is 2.39. The van der Waals surface area contributed by atoms with Gasteiger partial charge < -0.3 is 11.1 Å². The summed E-state index contributed by atoms with van der Waals surface area (Å²) in [5.41, 5.74) is 6.50. The Morgan fingerprint density at radius 3 is 2.52 bits per heavy atom. The first-order chi connectivity index (χ1) is 9.83. The Bertz CT molecular complexity index is 680. The molecule has 0 saturated carbocycles. The van der Waals surface area contributed by atoms with Crippen LogP contribution in [0.2, 0.25) is 0 Å². The highest BCUT2D eigenvalue weighted by Crippen LogP contribution is 2.30. The van der Waals surface area contributed by atoms with Gasteiger partial charge in [-0.1, -0.05) is 31.2 Å². The second kappa shape index (κ2) is 5.63. The zero-order valence-electron chi connectivity index (χ0n) is 11.4. The molecule has 0 saturated heterocycles. The van der Waals surface area contributed by atoms with Gasteiger partial charge in [0.1, 0.15) is 6.54 Å². The molecule has 0 bridgehead atoms. The maximum Gasteiger partial charge on any atom is 0.405 e. The van der Waals surface area contributed by atoms with Gasteiger partial charge in [-0.25, -0.2) is 0 Å². The number of primary amides is 1. The van der Waals surface area contributed by atoms with E-state index in [1.165, 1.54) is 0 Å². The van der Waals surface area contributed by atoms with Crippen LogP contribution < -0.4 is 11.1 Å². The van der Waals surface area contributed by atoms with E-state index in [1.54, 1.807) is 37.3 Å². The summed E-state index contributed by atoms with van der Waals surface area (Å²) in [6.45, 7) is 0.617. The molecule has 3 N–H and O–H groups in total. The topological polar surface area (TPSA) is 55.1 Å². The van der Waals surface area contributed by atoms with Crippen molar-refractivity contribution in [1.29, 1.82) is 0 Å². The third kappa shape index (κ3) is 3.26.